The highest BCUT2D eigenvalue weighted by molar-refractivity contribution is 7.99. The van der Waals surface area contributed by atoms with Crippen LogP contribution in [0.15, 0.2) is 30.3 Å². The second kappa shape index (κ2) is 7.74. The first-order valence-corrected chi connectivity index (χ1v) is 10.9. The molecule has 2 nitrogen and oxygen atoms in total. The average molecular weight is 356 g/mol. The Bertz CT molecular complexity index is 622. The van der Waals surface area contributed by atoms with E-state index < -0.39 is 0 Å². The third-order valence-electron chi connectivity index (χ3n) is 6.41. The molecule has 2 bridgehead atoms. The van der Waals surface area contributed by atoms with Gasteiger partial charge in [0.2, 0.25) is 0 Å². The molecule has 4 aliphatic heterocycles. The maximum absolute atomic E-state index is 6.07. The molecule has 1 unspecified atom stereocenters. The fourth-order valence-corrected chi connectivity index (χ4v) is 5.97. The van der Waals surface area contributed by atoms with Gasteiger partial charge >= 0.3 is 0 Å². The number of hydrogen-bond donors (Lipinski definition) is 0. The molecule has 0 radical (unpaired) electrons. The van der Waals surface area contributed by atoms with E-state index >= 15 is 0 Å². The van der Waals surface area contributed by atoms with Crippen LogP contribution in [0.4, 0.5) is 0 Å². The molecule has 0 N–H and O–H groups in total. The molecule has 134 valence electrons. The van der Waals surface area contributed by atoms with Crippen molar-refractivity contribution in [3.05, 3.63) is 35.9 Å². The molecule has 0 aliphatic carbocycles. The zero-order chi connectivity index (χ0) is 17.1. The van der Waals surface area contributed by atoms with E-state index in [4.69, 9.17) is 4.74 Å². The Balaban J connectivity index is 1.63. The van der Waals surface area contributed by atoms with Crippen LogP contribution in [0.3, 0.4) is 0 Å². The topological polar surface area (TPSA) is 12.5 Å². The lowest BCUT2D eigenvalue weighted by Crippen LogP contribution is -2.59. The minimum absolute atomic E-state index is 0.243. The van der Waals surface area contributed by atoms with E-state index in [1.165, 1.54) is 55.8 Å². The van der Waals surface area contributed by atoms with Crippen LogP contribution >= 0.6 is 11.8 Å². The lowest BCUT2D eigenvalue weighted by molar-refractivity contribution is -0.0962. The largest absolute Gasteiger partial charge is 0.364 e. The van der Waals surface area contributed by atoms with Gasteiger partial charge in [0.05, 0.1) is 0 Å². The molecule has 3 heteroatoms. The molecule has 4 saturated heterocycles. The number of rotatable bonds is 3. The lowest BCUT2D eigenvalue weighted by Gasteiger charge is -2.49. The van der Waals surface area contributed by atoms with E-state index in [2.05, 4.69) is 58.8 Å². The molecule has 2 atom stereocenters. The van der Waals surface area contributed by atoms with Gasteiger partial charge in [-0.3, -0.25) is 4.90 Å². The van der Waals surface area contributed by atoms with Gasteiger partial charge in [-0.05, 0) is 61.8 Å². The van der Waals surface area contributed by atoms with Gasteiger partial charge in [-0.25, -0.2) is 0 Å². The molecular weight excluding hydrogens is 326 g/mol. The summed E-state index contributed by atoms with van der Waals surface area (Å²) in [6.07, 6.45) is 5.04. The van der Waals surface area contributed by atoms with Crippen molar-refractivity contribution in [2.45, 2.75) is 37.2 Å². The predicted octanol–water partition coefficient (Wildman–Crippen LogP) is 4.03. The third-order valence-corrected chi connectivity index (χ3v) is 7.45. The van der Waals surface area contributed by atoms with Gasteiger partial charge in [-0.2, -0.15) is 11.8 Å². The van der Waals surface area contributed by atoms with Crippen LogP contribution in [-0.4, -0.2) is 48.8 Å². The molecule has 5 rings (SSSR count). The lowest BCUT2D eigenvalue weighted by atomic mass is 9.74. The number of fused-ring (bicyclic) bond motifs is 3. The van der Waals surface area contributed by atoms with Crippen molar-refractivity contribution < 1.29 is 4.74 Å². The number of hydrogen-bond acceptors (Lipinski definition) is 3. The van der Waals surface area contributed by atoms with Crippen molar-refractivity contribution in [2.24, 2.45) is 11.8 Å². The summed E-state index contributed by atoms with van der Waals surface area (Å²) in [4.78, 5) is 2.53. The SMILES string of the molecule is CO[C@]1(C#CC(c2ccccc2)C2CCSCC2)CN2CCC1CC2. The van der Waals surface area contributed by atoms with Crippen LogP contribution in [0.2, 0.25) is 0 Å². The van der Waals surface area contributed by atoms with Crippen LogP contribution in [0.1, 0.15) is 37.2 Å². The summed E-state index contributed by atoms with van der Waals surface area (Å²) in [5.41, 5.74) is 1.15. The van der Waals surface area contributed by atoms with Crippen LogP contribution < -0.4 is 0 Å². The van der Waals surface area contributed by atoms with E-state index in [9.17, 15) is 0 Å². The smallest absolute Gasteiger partial charge is 0.143 e. The second-order valence-corrected chi connectivity index (χ2v) is 8.98. The number of benzene rings is 1. The summed E-state index contributed by atoms with van der Waals surface area (Å²) in [5.74, 6) is 11.6. The summed E-state index contributed by atoms with van der Waals surface area (Å²) in [6, 6.07) is 10.9. The number of piperidine rings is 3. The third kappa shape index (κ3) is 3.63. The molecule has 0 amide bonds. The van der Waals surface area contributed by atoms with Gasteiger partial charge in [0.15, 0.2) is 0 Å². The van der Waals surface area contributed by atoms with E-state index in [0.717, 1.165) is 6.54 Å². The van der Waals surface area contributed by atoms with Gasteiger partial charge in [0, 0.05) is 25.5 Å². The number of nitrogens with zero attached hydrogens (tertiary/aromatic N) is 1. The van der Waals surface area contributed by atoms with Gasteiger partial charge in [-0.1, -0.05) is 42.2 Å². The molecule has 1 aromatic carbocycles. The van der Waals surface area contributed by atoms with Crippen LogP contribution in [0.5, 0.6) is 0 Å². The van der Waals surface area contributed by atoms with Crippen molar-refractivity contribution >= 4 is 11.8 Å². The summed E-state index contributed by atoms with van der Waals surface area (Å²) in [7, 11) is 1.87. The van der Waals surface area contributed by atoms with E-state index in [-0.39, 0.29) is 5.60 Å². The number of ether oxygens (including phenoxy) is 1. The Morgan fingerprint density at radius 2 is 1.84 bits per heavy atom. The zero-order valence-electron chi connectivity index (χ0n) is 15.2. The van der Waals surface area contributed by atoms with Gasteiger partial charge in [-0.15, -0.1) is 0 Å². The Morgan fingerprint density at radius 1 is 1.12 bits per heavy atom. The van der Waals surface area contributed by atoms with E-state index in [1.54, 1.807) is 0 Å². The standard InChI is InChI=1S/C22H29NOS/c1-24-22(17-23-13-8-20(22)9-14-23)12-7-21(18-5-3-2-4-6-18)19-10-15-25-16-11-19/h2-6,19-21H,8-11,13-17H2,1H3/t21?,22-/m1/s1. The highest BCUT2D eigenvalue weighted by Gasteiger charge is 2.46. The zero-order valence-corrected chi connectivity index (χ0v) is 16.1. The molecule has 4 heterocycles. The highest BCUT2D eigenvalue weighted by Crippen LogP contribution is 2.39. The van der Waals surface area contributed by atoms with Gasteiger partial charge in [0.25, 0.3) is 0 Å². The van der Waals surface area contributed by atoms with Crippen molar-refractivity contribution in [3.8, 4) is 11.8 Å². The highest BCUT2D eigenvalue weighted by atomic mass is 32.2. The van der Waals surface area contributed by atoms with Crippen molar-refractivity contribution in [1.29, 1.82) is 0 Å². The molecule has 25 heavy (non-hydrogen) atoms. The van der Waals surface area contributed by atoms with Crippen LogP contribution in [0, 0.1) is 23.7 Å². The molecular formula is C22H29NOS. The Morgan fingerprint density at radius 3 is 2.44 bits per heavy atom. The second-order valence-electron chi connectivity index (χ2n) is 7.75. The normalized spacial score (nSPS) is 33.5. The molecule has 0 spiro atoms. The van der Waals surface area contributed by atoms with Crippen LogP contribution in [-0.2, 0) is 4.74 Å². The Labute approximate surface area is 156 Å². The fraction of sp³-hybridized carbons (Fsp3) is 0.636. The van der Waals surface area contributed by atoms with Crippen molar-refractivity contribution in [1.82, 2.24) is 4.90 Å². The first kappa shape index (κ1) is 17.5. The minimum Gasteiger partial charge on any atom is -0.364 e. The minimum atomic E-state index is -0.243. The quantitative estimate of drug-likeness (QED) is 0.760. The summed E-state index contributed by atoms with van der Waals surface area (Å²) in [5, 5.41) is 0. The van der Waals surface area contributed by atoms with E-state index in [0.29, 0.717) is 17.8 Å². The molecule has 4 aliphatic rings. The maximum Gasteiger partial charge on any atom is 0.143 e. The number of methoxy groups -OCH3 is 1. The number of thioether (sulfide) groups is 1. The maximum atomic E-state index is 6.07. The molecule has 4 fully saturated rings. The summed E-state index contributed by atoms with van der Waals surface area (Å²) in [6.45, 7) is 3.43. The van der Waals surface area contributed by atoms with Gasteiger partial charge < -0.3 is 4.74 Å². The molecule has 0 aromatic heterocycles. The van der Waals surface area contributed by atoms with E-state index in [1.807, 2.05) is 7.11 Å². The van der Waals surface area contributed by atoms with Gasteiger partial charge in [0.1, 0.15) is 5.60 Å². The first-order valence-electron chi connectivity index (χ1n) is 9.73. The van der Waals surface area contributed by atoms with Crippen molar-refractivity contribution in [2.75, 3.05) is 38.2 Å². The van der Waals surface area contributed by atoms with Crippen LogP contribution in [0.25, 0.3) is 0 Å². The molecule has 1 aromatic rings. The Kier molecular flexibility index (Phi) is 5.41. The van der Waals surface area contributed by atoms with Crippen molar-refractivity contribution in [3.63, 3.8) is 0 Å². The Hall–Kier alpha value is -0.950. The average Bonchev–Trinajstić information content (AvgIpc) is 2.71. The first-order chi connectivity index (χ1) is 12.3. The predicted molar refractivity (Wildman–Crippen MR) is 106 cm³/mol. The summed E-state index contributed by atoms with van der Waals surface area (Å²) >= 11 is 2.09. The monoisotopic (exact) mass is 355 g/mol. The summed E-state index contributed by atoms with van der Waals surface area (Å²) < 4.78 is 6.07. The fourth-order valence-electron chi connectivity index (χ4n) is 4.83. The molecule has 0 saturated carbocycles.